The van der Waals surface area contributed by atoms with E-state index in [1.54, 1.807) is 0 Å². The molecule has 2 aromatic rings. The maximum atomic E-state index is 10.2. The molecule has 0 unspecified atom stereocenters. The van der Waals surface area contributed by atoms with E-state index < -0.39 is 0 Å². The number of likely N-dealkylation sites (tertiary alicyclic amines) is 1. The smallest absolute Gasteiger partial charge is 0.133 e. The standard InChI is InChI=1S/C20H24I2N2O/c21-18-10-17(20(25)19(22)11-18)13-23-12-15-6-8-24(9-7-15)14-16-4-2-1-3-5-16/h1-5,10-11,15,23,25H,6-9,12-14H2. The molecule has 1 aliphatic heterocycles. The van der Waals surface area contributed by atoms with Crippen LogP contribution in [0.5, 0.6) is 5.75 Å². The van der Waals surface area contributed by atoms with Crippen molar-refractivity contribution in [3.8, 4) is 5.75 Å². The van der Waals surface area contributed by atoms with Crippen molar-refractivity contribution in [1.29, 1.82) is 0 Å². The molecule has 3 rings (SSSR count). The Labute approximate surface area is 177 Å². The van der Waals surface area contributed by atoms with Gasteiger partial charge >= 0.3 is 0 Å². The van der Waals surface area contributed by atoms with Crippen LogP contribution in [0.4, 0.5) is 0 Å². The third kappa shape index (κ3) is 5.80. The van der Waals surface area contributed by atoms with Gasteiger partial charge in [-0.05, 0) is 101 Å². The molecule has 0 aromatic heterocycles. The monoisotopic (exact) mass is 562 g/mol. The molecule has 1 heterocycles. The molecule has 5 heteroatoms. The molecule has 3 nitrogen and oxygen atoms in total. The highest BCUT2D eigenvalue weighted by Gasteiger charge is 2.19. The number of hydrogen-bond donors (Lipinski definition) is 2. The van der Waals surface area contributed by atoms with Crippen molar-refractivity contribution >= 4 is 45.2 Å². The summed E-state index contributed by atoms with van der Waals surface area (Å²) in [6.07, 6.45) is 2.49. The molecular formula is C20H24I2N2O. The van der Waals surface area contributed by atoms with Crippen molar-refractivity contribution in [3.63, 3.8) is 0 Å². The first-order valence-electron chi connectivity index (χ1n) is 8.75. The van der Waals surface area contributed by atoms with Gasteiger partial charge in [0.05, 0.1) is 3.57 Å². The summed E-state index contributed by atoms with van der Waals surface area (Å²) in [5.74, 6) is 1.15. The molecule has 134 valence electrons. The molecule has 1 saturated heterocycles. The van der Waals surface area contributed by atoms with Crippen LogP contribution in [0, 0.1) is 13.1 Å². The minimum absolute atomic E-state index is 0.422. The zero-order valence-electron chi connectivity index (χ0n) is 14.2. The zero-order valence-corrected chi connectivity index (χ0v) is 18.5. The third-order valence-electron chi connectivity index (χ3n) is 4.81. The molecule has 0 amide bonds. The van der Waals surface area contributed by atoms with Gasteiger partial charge in [0.15, 0.2) is 0 Å². The minimum atomic E-state index is 0.422. The number of hydrogen-bond acceptors (Lipinski definition) is 3. The predicted molar refractivity (Wildman–Crippen MR) is 120 cm³/mol. The van der Waals surface area contributed by atoms with Gasteiger partial charge in [-0.15, -0.1) is 0 Å². The number of aromatic hydroxyl groups is 1. The van der Waals surface area contributed by atoms with Crippen molar-refractivity contribution in [2.75, 3.05) is 19.6 Å². The largest absolute Gasteiger partial charge is 0.507 e. The molecule has 1 fully saturated rings. The van der Waals surface area contributed by atoms with Gasteiger partial charge in [0.2, 0.25) is 0 Å². The van der Waals surface area contributed by atoms with Crippen LogP contribution in [0.3, 0.4) is 0 Å². The van der Waals surface area contributed by atoms with Crippen LogP contribution in [0.15, 0.2) is 42.5 Å². The summed E-state index contributed by atoms with van der Waals surface area (Å²) in [5, 5.41) is 13.7. The quantitative estimate of drug-likeness (QED) is 0.506. The molecule has 2 N–H and O–H groups in total. The van der Waals surface area contributed by atoms with Gasteiger partial charge in [-0.1, -0.05) is 30.3 Å². The molecule has 0 radical (unpaired) electrons. The Morgan fingerprint density at radius 1 is 1.08 bits per heavy atom. The van der Waals surface area contributed by atoms with Crippen molar-refractivity contribution in [2.45, 2.75) is 25.9 Å². The molecule has 2 aromatic carbocycles. The Morgan fingerprint density at radius 3 is 2.52 bits per heavy atom. The summed E-state index contributed by atoms with van der Waals surface area (Å²) in [4.78, 5) is 2.56. The molecule has 0 bridgehead atoms. The summed E-state index contributed by atoms with van der Waals surface area (Å²) in [6.45, 7) is 5.18. The molecule has 0 atom stereocenters. The Kier molecular flexibility index (Phi) is 7.39. The number of halogens is 2. The Hall–Kier alpha value is -0.380. The first kappa shape index (κ1) is 19.4. The summed E-state index contributed by atoms with van der Waals surface area (Å²) in [6, 6.07) is 14.8. The van der Waals surface area contributed by atoms with Crippen LogP contribution >= 0.6 is 45.2 Å². The lowest BCUT2D eigenvalue weighted by Crippen LogP contribution is -2.36. The van der Waals surface area contributed by atoms with Crippen molar-refractivity contribution in [1.82, 2.24) is 10.2 Å². The fraction of sp³-hybridized carbons (Fsp3) is 0.400. The van der Waals surface area contributed by atoms with Crippen LogP contribution in [0.2, 0.25) is 0 Å². The van der Waals surface area contributed by atoms with E-state index in [1.807, 2.05) is 6.07 Å². The first-order valence-corrected chi connectivity index (χ1v) is 10.9. The highest BCUT2D eigenvalue weighted by molar-refractivity contribution is 14.1. The molecule has 0 spiro atoms. The second kappa shape index (κ2) is 9.53. The van der Waals surface area contributed by atoms with Gasteiger partial charge in [0.25, 0.3) is 0 Å². The van der Waals surface area contributed by atoms with E-state index in [1.165, 1.54) is 35.1 Å². The molecular weight excluding hydrogens is 538 g/mol. The summed E-state index contributed by atoms with van der Waals surface area (Å²) < 4.78 is 2.10. The molecule has 1 aliphatic rings. The lowest BCUT2D eigenvalue weighted by atomic mass is 9.96. The van der Waals surface area contributed by atoms with E-state index >= 15 is 0 Å². The van der Waals surface area contributed by atoms with E-state index in [4.69, 9.17) is 0 Å². The van der Waals surface area contributed by atoms with Gasteiger partial charge in [-0.25, -0.2) is 0 Å². The number of nitrogens with one attached hydrogen (secondary N) is 1. The molecule has 25 heavy (non-hydrogen) atoms. The average Bonchev–Trinajstić information content (AvgIpc) is 2.61. The summed E-state index contributed by atoms with van der Waals surface area (Å²) in [5.41, 5.74) is 2.40. The normalized spacial score (nSPS) is 16.2. The average molecular weight is 562 g/mol. The summed E-state index contributed by atoms with van der Waals surface area (Å²) >= 11 is 4.50. The minimum Gasteiger partial charge on any atom is -0.507 e. The van der Waals surface area contributed by atoms with Crippen molar-refractivity contribution in [2.24, 2.45) is 5.92 Å². The highest BCUT2D eigenvalue weighted by Crippen LogP contribution is 2.27. The van der Waals surface area contributed by atoms with Crippen molar-refractivity contribution in [3.05, 3.63) is 60.7 Å². The fourth-order valence-corrected chi connectivity index (χ4v) is 5.32. The number of piperidine rings is 1. The van der Waals surface area contributed by atoms with Gasteiger partial charge in [-0.3, -0.25) is 4.90 Å². The molecule has 0 aliphatic carbocycles. The van der Waals surface area contributed by atoms with Crippen LogP contribution in [0.1, 0.15) is 24.0 Å². The SMILES string of the molecule is Oc1c(I)cc(I)cc1CNCC1CCN(Cc2ccccc2)CC1. The Bertz CT molecular complexity index is 686. The number of rotatable bonds is 6. The maximum Gasteiger partial charge on any atom is 0.133 e. The van der Waals surface area contributed by atoms with Crippen LogP contribution < -0.4 is 5.32 Å². The number of phenols is 1. The maximum absolute atomic E-state index is 10.2. The van der Waals surface area contributed by atoms with E-state index in [0.717, 1.165) is 34.7 Å². The molecule has 0 saturated carbocycles. The Morgan fingerprint density at radius 2 is 1.80 bits per heavy atom. The lowest BCUT2D eigenvalue weighted by molar-refractivity contribution is 0.175. The second-order valence-corrected chi connectivity index (χ2v) is 9.14. The first-order chi connectivity index (χ1) is 12.1. The van der Waals surface area contributed by atoms with Gasteiger partial charge in [0.1, 0.15) is 5.75 Å². The van der Waals surface area contributed by atoms with Gasteiger partial charge in [0, 0.05) is 22.2 Å². The second-order valence-electron chi connectivity index (χ2n) is 6.73. The van der Waals surface area contributed by atoms with Crippen molar-refractivity contribution < 1.29 is 5.11 Å². The van der Waals surface area contributed by atoms with Crippen LogP contribution in [0.25, 0.3) is 0 Å². The highest BCUT2D eigenvalue weighted by atomic mass is 127. The lowest BCUT2D eigenvalue weighted by Gasteiger charge is -2.32. The number of benzene rings is 2. The number of nitrogens with zero attached hydrogens (tertiary/aromatic N) is 1. The van der Waals surface area contributed by atoms with E-state index in [9.17, 15) is 5.11 Å². The van der Waals surface area contributed by atoms with Gasteiger partial charge in [-0.2, -0.15) is 0 Å². The van der Waals surface area contributed by atoms with E-state index in [-0.39, 0.29) is 0 Å². The van der Waals surface area contributed by atoms with Gasteiger partial charge < -0.3 is 10.4 Å². The van der Waals surface area contributed by atoms with E-state index in [2.05, 4.69) is 91.8 Å². The Balaban J connectivity index is 1.41. The zero-order chi connectivity index (χ0) is 17.6. The topological polar surface area (TPSA) is 35.5 Å². The summed E-state index contributed by atoms with van der Waals surface area (Å²) in [7, 11) is 0. The van der Waals surface area contributed by atoms with E-state index in [0.29, 0.717) is 5.75 Å². The van der Waals surface area contributed by atoms with Crippen LogP contribution in [-0.2, 0) is 13.1 Å². The number of phenolic OH excluding ortho intramolecular Hbond substituents is 1. The third-order valence-corrected chi connectivity index (χ3v) is 6.26. The fourth-order valence-electron chi connectivity index (χ4n) is 3.36. The van der Waals surface area contributed by atoms with Crippen LogP contribution in [-0.4, -0.2) is 29.6 Å². The predicted octanol–water partition coefficient (Wildman–Crippen LogP) is 4.60.